The van der Waals surface area contributed by atoms with E-state index in [-0.39, 0.29) is 0 Å². The maximum atomic E-state index is 3.42. The third kappa shape index (κ3) is 2.45. The Kier molecular flexibility index (Phi) is 3.62. The van der Waals surface area contributed by atoms with Crippen LogP contribution in [0, 0.1) is 13.8 Å². The van der Waals surface area contributed by atoms with E-state index in [0.29, 0.717) is 6.04 Å². The van der Waals surface area contributed by atoms with Crippen LogP contribution in [0.15, 0.2) is 18.2 Å². The third-order valence-corrected chi connectivity index (χ3v) is 3.79. The van der Waals surface area contributed by atoms with Gasteiger partial charge in [0.2, 0.25) is 0 Å². The van der Waals surface area contributed by atoms with Crippen LogP contribution < -0.4 is 5.32 Å². The molecule has 1 atom stereocenters. The van der Waals surface area contributed by atoms with Crippen LogP contribution in [0.2, 0.25) is 0 Å². The first-order chi connectivity index (χ1) is 7.68. The Labute approximate surface area is 98.7 Å². The predicted octanol–water partition coefficient (Wildman–Crippen LogP) is 2.10. The molecule has 0 radical (unpaired) electrons. The molecule has 0 spiro atoms. The molecule has 0 amide bonds. The maximum Gasteiger partial charge on any atom is 0.0236 e. The second-order valence-corrected chi connectivity index (χ2v) is 4.92. The van der Waals surface area contributed by atoms with Gasteiger partial charge in [0.25, 0.3) is 0 Å². The van der Waals surface area contributed by atoms with Crippen LogP contribution in [0.1, 0.15) is 23.1 Å². The molecular formula is C14H22N2. The van der Waals surface area contributed by atoms with Gasteiger partial charge in [-0.1, -0.05) is 18.2 Å². The van der Waals surface area contributed by atoms with Crippen LogP contribution >= 0.6 is 0 Å². The van der Waals surface area contributed by atoms with Crippen molar-refractivity contribution in [3.8, 4) is 0 Å². The summed E-state index contributed by atoms with van der Waals surface area (Å²) < 4.78 is 0. The molecule has 0 aromatic heterocycles. The highest BCUT2D eigenvalue weighted by Gasteiger charge is 2.19. The van der Waals surface area contributed by atoms with Crippen molar-refractivity contribution in [2.75, 3.05) is 20.1 Å². The fourth-order valence-corrected chi connectivity index (χ4v) is 2.40. The van der Waals surface area contributed by atoms with E-state index in [1.165, 1.54) is 29.7 Å². The lowest BCUT2D eigenvalue weighted by molar-refractivity contribution is 0.248. The molecule has 1 aliphatic rings. The zero-order valence-corrected chi connectivity index (χ0v) is 10.6. The highest BCUT2D eigenvalue weighted by molar-refractivity contribution is 5.33. The van der Waals surface area contributed by atoms with E-state index in [1.54, 1.807) is 0 Å². The highest BCUT2D eigenvalue weighted by Crippen LogP contribution is 2.16. The number of benzene rings is 1. The lowest BCUT2D eigenvalue weighted by Gasteiger charge is -2.24. The molecule has 0 saturated carbocycles. The zero-order valence-electron chi connectivity index (χ0n) is 10.6. The molecule has 0 bridgehead atoms. The van der Waals surface area contributed by atoms with Gasteiger partial charge in [-0.2, -0.15) is 0 Å². The Hall–Kier alpha value is -0.860. The first-order valence-electron chi connectivity index (χ1n) is 6.14. The molecule has 1 saturated heterocycles. The molecule has 1 aromatic carbocycles. The minimum absolute atomic E-state index is 0.708. The fraction of sp³-hybridized carbons (Fsp3) is 0.571. The molecular weight excluding hydrogens is 196 g/mol. The van der Waals surface area contributed by atoms with E-state index in [0.717, 1.165) is 13.1 Å². The van der Waals surface area contributed by atoms with Gasteiger partial charge in [0, 0.05) is 19.1 Å². The van der Waals surface area contributed by atoms with Gasteiger partial charge in [-0.05, 0) is 50.6 Å². The Balaban J connectivity index is 2.05. The van der Waals surface area contributed by atoms with Crippen molar-refractivity contribution in [3.05, 3.63) is 34.9 Å². The monoisotopic (exact) mass is 218 g/mol. The highest BCUT2D eigenvalue weighted by atomic mass is 15.2. The summed E-state index contributed by atoms with van der Waals surface area (Å²) in [6.07, 6.45) is 1.28. The number of rotatable bonds is 3. The van der Waals surface area contributed by atoms with Crippen LogP contribution in [0.25, 0.3) is 0 Å². The van der Waals surface area contributed by atoms with E-state index in [2.05, 4.69) is 49.3 Å². The lowest BCUT2D eigenvalue weighted by atomic mass is 10.0. The second kappa shape index (κ2) is 4.98. The van der Waals surface area contributed by atoms with Crippen LogP contribution in [0.3, 0.4) is 0 Å². The second-order valence-electron chi connectivity index (χ2n) is 4.92. The number of nitrogens with one attached hydrogen (secondary N) is 1. The quantitative estimate of drug-likeness (QED) is 0.836. The Morgan fingerprint density at radius 1 is 1.38 bits per heavy atom. The van der Waals surface area contributed by atoms with Gasteiger partial charge in [0.1, 0.15) is 0 Å². The number of aryl methyl sites for hydroxylation is 1. The van der Waals surface area contributed by atoms with Gasteiger partial charge in [-0.15, -0.1) is 0 Å². The van der Waals surface area contributed by atoms with Crippen molar-refractivity contribution in [1.82, 2.24) is 10.2 Å². The number of likely N-dealkylation sites (N-methyl/N-ethyl adjacent to an activating group) is 1. The van der Waals surface area contributed by atoms with Crippen molar-refractivity contribution in [2.24, 2.45) is 0 Å². The van der Waals surface area contributed by atoms with E-state index >= 15 is 0 Å². The van der Waals surface area contributed by atoms with E-state index in [1.807, 2.05) is 0 Å². The number of nitrogens with zero attached hydrogens (tertiary/aromatic N) is 1. The lowest BCUT2D eigenvalue weighted by Crippen LogP contribution is -2.33. The molecule has 1 aromatic rings. The van der Waals surface area contributed by atoms with Crippen molar-refractivity contribution >= 4 is 0 Å². The summed E-state index contributed by atoms with van der Waals surface area (Å²) >= 11 is 0. The Bertz CT molecular complexity index is 354. The molecule has 1 aliphatic heterocycles. The summed E-state index contributed by atoms with van der Waals surface area (Å²) in [7, 11) is 2.24. The average molecular weight is 218 g/mol. The Morgan fingerprint density at radius 3 is 2.88 bits per heavy atom. The van der Waals surface area contributed by atoms with Gasteiger partial charge >= 0.3 is 0 Å². The van der Waals surface area contributed by atoms with Gasteiger partial charge in [-0.3, -0.25) is 4.90 Å². The summed E-state index contributed by atoms with van der Waals surface area (Å²) in [5.74, 6) is 0. The third-order valence-electron chi connectivity index (χ3n) is 3.79. The number of hydrogen-bond donors (Lipinski definition) is 1. The van der Waals surface area contributed by atoms with E-state index < -0.39 is 0 Å². The summed E-state index contributed by atoms with van der Waals surface area (Å²) in [4.78, 5) is 2.47. The maximum absolute atomic E-state index is 3.42. The van der Waals surface area contributed by atoms with Gasteiger partial charge in [-0.25, -0.2) is 0 Å². The van der Waals surface area contributed by atoms with Gasteiger partial charge in [0.15, 0.2) is 0 Å². The summed E-state index contributed by atoms with van der Waals surface area (Å²) in [5.41, 5.74) is 4.31. The van der Waals surface area contributed by atoms with Crippen molar-refractivity contribution in [3.63, 3.8) is 0 Å². The summed E-state index contributed by atoms with van der Waals surface area (Å²) in [5, 5.41) is 3.42. The molecule has 2 heteroatoms. The fourth-order valence-electron chi connectivity index (χ4n) is 2.40. The normalized spacial score (nSPS) is 20.6. The molecule has 0 aliphatic carbocycles. The van der Waals surface area contributed by atoms with Crippen LogP contribution in [-0.2, 0) is 6.54 Å². The smallest absolute Gasteiger partial charge is 0.0236 e. The first kappa shape index (κ1) is 11.6. The minimum atomic E-state index is 0.708. The van der Waals surface area contributed by atoms with Crippen LogP contribution in [0.5, 0.6) is 0 Å². The summed E-state index contributed by atoms with van der Waals surface area (Å²) in [6.45, 7) is 7.80. The van der Waals surface area contributed by atoms with E-state index in [9.17, 15) is 0 Å². The number of hydrogen-bond acceptors (Lipinski definition) is 2. The molecule has 1 N–H and O–H groups in total. The van der Waals surface area contributed by atoms with Crippen LogP contribution in [-0.4, -0.2) is 31.1 Å². The molecule has 88 valence electrons. The van der Waals surface area contributed by atoms with Gasteiger partial charge < -0.3 is 5.32 Å². The SMILES string of the molecule is Cc1cccc(CN(C)C2CCNC2)c1C. The molecule has 2 nitrogen and oxygen atoms in total. The van der Waals surface area contributed by atoms with Crippen LogP contribution in [0.4, 0.5) is 0 Å². The van der Waals surface area contributed by atoms with Crippen molar-refractivity contribution < 1.29 is 0 Å². The molecule has 1 heterocycles. The molecule has 2 rings (SSSR count). The van der Waals surface area contributed by atoms with Crippen molar-refractivity contribution in [2.45, 2.75) is 32.9 Å². The summed E-state index contributed by atoms with van der Waals surface area (Å²) in [6, 6.07) is 7.31. The molecule has 16 heavy (non-hydrogen) atoms. The molecule has 1 unspecified atom stereocenters. The average Bonchev–Trinajstić information content (AvgIpc) is 2.78. The largest absolute Gasteiger partial charge is 0.315 e. The van der Waals surface area contributed by atoms with Gasteiger partial charge in [0.05, 0.1) is 0 Å². The van der Waals surface area contributed by atoms with E-state index in [4.69, 9.17) is 0 Å². The Morgan fingerprint density at radius 2 is 2.19 bits per heavy atom. The standard InChI is InChI=1S/C14H22N2/c1-11-5-4-6-13(12(11)2)10-16(3)14-7-8-15-9-14/h4-6,14-15H,7-10H2,1-3H3. The van der Waals surface area contributed by atoms with Crippen molar-refractivity contribution in [1.29, 1.82) is 0 Å². The topological polar surface area (TPSA) is 15.3 Å². The minimum Gasteiger partial charge on any atom is -0.315 e. The predicted molar refractivity (Wildman–Crippen MR) is 68.7 cm³/mol. The molecule has 1 fully saturated rings. The first-order valence-corrected chi connectivity index (χ1v) is 6.14. The zero-order chi connectivity index (χ0) is 11.5.